The van der Waals surface area contributed by atoms with E-state index in [0.717, 1.165) is 50.1 Å². The van der Waals surface area contributed by atoms with Gasteiger partial charge in [-0.15, -0.1) is 0 Å². The molecule has 3 aromatic rings. The van der Waals surface area contributed by atoms with Crippen LogP contribution in [0.15, 0.2) is 30.5 Å². The number of amides is 1. The number of hydrogen-bond acceptors (Lipinski definition) is 6. The Hall–Kier alpha value is -3.33. The molecule has 0 radical (unpaired) electrons. The first-order valence-corrected chi connectivity index (χ1v) is 10.9. The summed E-state index contributed by atoms with van der Waals surface area (Å²) in [6, 6.07) is 7.14. The van der Waals surface area contributed by atoms with Crippen LogP contribution in [0.3, 0.4) is 0 Å². The molecule has 8 nitrogen and oxygen atoms in total. The van der Waals surface area contributed by atoms with Crippen molar-refractivity contribution in [1.82, 2.24) is 24.8 Å². The maximum absolute atomic E-state index is 14.7. The molecule has 1 aromatic carbocycles. The van der Waals surface area contributed by atoms with Crippen LogP contribution in [0.2, 0.25) is 0 Å². The van der Waals surface area contributed by atoms with Gasteiger partial charge in [0.25, 0.3) is 5.91 Å². The SMILES string of the molecule is Cc1nc(-c2nc(Nc3ccc(C(=O)N4CCC4)cc3)ncc2F)c(C2CCOCC2)[nH]1. The number of nitrogens with one attached hydrogen (secondary N) is 2. The number of H-pyrrole nitrogens is 1. The Bertz CT molecular complexity index is 1120. The summed E-state index contributed by atoms with van der Waals surface area (Å²) in [5.74, 6) is 0.726. The maximum Gasteiger partial charge on any atom is 0.253 e. The number of aromatic amines is 1. The van der Waals surface area contributed by atoms with Crippen LogP contribution in [-0.4, -0.2) is 57.0 Å². The minimum absolute atomic E-state index is 0.0395. The fourth-order valence-electron chi connectivity index (χ4n) is 4.09. The Kier molecular flexibility index (Phi) is 5.57. The highest BCUT2D eigenvalue weighted by Crippen LogP contribution is 2.34. The van der Waals surface area contributed by atoms with Crippen LogP contribution in [0, 0.1) is 12.7 Å². The van der Waals surface area contributed by atoms with Crippen molar-refractivity contribution in [2.75, 3.05) is 31.6 Å². The highest BCUT2D eigenvalue weighted by Gasteiger charge is 2.25. The van der Waals surface area contributed by atoms with Crippen molar-refractivity contribution in [2.24, 2.45) is 0 Å². The van der Waals surface area contributed by atoms with E-state index in [9.17, 15) is 9.18 Å². The summed E-state index contributed by atoms with van der Waals surface area (Å²) in [6.45, 7) is 4.84. The highest BCUT2D eigenvalue weighted by atomic mass is 19.1. The number of nitrogens with zero attached hydrogens (tertiary/aromatic N) is 4. The number of carbonyl (C=O) groups is 1. The molecule has 5 rings (SSSR count). The number of benzene rings is 1. The maximum atomic E-state index is 14.7. The van der Waals surface area contributed by atoms with Crippen LogP contribution in [0.4, 0.5) is 16.0 Å². The van der Waals surface area contributed by atoms with Crippen molar-refractivity contribution in [3.8, 4) is 11.4 Å². The smallest absolute Gasteiger partial charge is 0.253 e. The van der Waals surface area contributed by atoms with Gasteiger partial charge in [-0.2, -0.15) is 0 Å². The van der Waals surface area contributed by atoms with Crippen LogP contribution in [-0.2, 0) is 4.74 Å². The fraction of sp³-hybridized carbons (Fsp3) is 0.391. The molecule has 0 unspecified atom stereocenters. The first-order valence-electron chi connectivity index (χ1n) is 10.9. The van der Waals surface area contributed by atoms with Crippen molar-refractivity contribution < 1.29 is 13.9 Å². The summed E-state index contributed by atoms with van der Waals surface area (Å²) < 4.78 is 20.2. The molecular weight excluding hydrogens is 411 g/mol. The Balaban J connectivity index is 1.38. The number of likely N-dealkylation sites (tertiary alicyclic amines) is 1. The van der Waals surface area contributed by atoms with Crippen LogP contribution in [0.5, 0.6) is 0 Å². The van der Waals surface area contributed by atoms with E-state index in [4.69, 9.17) is 4.74 Å². The number of aryl methyl sites for hydroxylation is 1. The average molecular weight is 436 g/mol. The number of rotatable bonds is 5. The molecular formula is C23H25FN6O2. The van der Waals surface area contributed by atoms with Gasteiger partial charge in [-0.3, -0.25) is 4.79 Å². The molecule has 2 aliphatic heterocycles. The average Bonchev–Trinajstić information content (AvgIpc) is 3.16. The van der Waals surface area contributed by atoms with E-state index in [2.05, 4.69) is 25.3 Å². The first kappa shape index (κ1) is 20.6. The van der Waals surface area contributed by atoms with Gasteiger partial charge in [-0.05, 0) is 50.5 Å². The topological polar surface area (TPSA) is 96.0 Å². The highest BCUT2D eigenvalue weighted by molar-refractivity contribution is 5.95. The molecule has 0 atom stereocenters. The second-order valence-electron chi connectivity index (χ2n) is 8.21. The van der Waals surface area contributed by atoms with Crippen LogP contribution in [0.25, 0.3) is 11.4 Å². The number of aromatic nitrogens is 4. The molecule has 4 heterocycles. The number of hydrogen-bond donors (Lipinski definition) is 2. The second-order valence-corrected chi connectivity index (χ2v) is 8.21. The predicted molar refractivity (Wildman–Crippen MR) is 117 cm³/mol. The number of ether oxygens (including phenoxy) is 1. The standard InChI is InChI=1S/C23H25FN6O2/c1-14-26-19(15-7-11-32-12-8-15)21(27-14)20-18(24)13-25-23(29-20)28-17-5-3-16(4-6-17)22(31)30-9-2-10-30/h3-6,13,15H,2,7-12H2,1H3,(H,26,27)(H,25,28,29). The quantitative estimate of drug-likeness (QED) is 0.632. The normalized spacial score (nSPS) is 16.6. The molecule has 0 bridgehead atoms. The zero-order valence-corrected chi connectivity index (χ0v) is 17.9. The lowest BCUT2D eigenvalue weighted by Crippen LogP contribution is -2.41. The van der Waals surface area contributed by atoms with Crippen molar-refractivity contribution in [3.63, 3.8) is 0 Å². The Labute approximate surface area is 185 Å². The molecule has 166 valence electrons. The molecule has 2 aliphatic rings. The molecule has 0 aliphatic carbocycles. The van der Waals surface area contributed by atoms with E-state index in [1.54, 1.807) is 24.3 Å². The van der Waals surface area contributed by atoms with E-state index in [0.29, 0.717) is 30.2 Å². The third kappa shape index (κ3) is 4.08. The van der Waals surface area contributed by atoms with E-state index in [1.165, 1.54) is 0 Å². The summed E-state index contributed by atoms with van der Waals surface area (Å²) in [6.07, 6.45) is 3.93. The van der Waals surface area contributed by atoms with Crippen molar-refractivity contribution in [2.45, 2.75) is 32.1 Å². The number of imidazole rings is 1. The molecule has 1 amide bonds. The summed E-state index contributed by atoms with van der Waals surface area (Å²) in [4.78, 5) is 30.5. The molecule has 32 heavy (non-hydrogen) atoms. The number of carbonyl (C=O) groups excluding carboxylic acids is 1. The van der Waals surface area contributed by atoms with Gasteiger partial charge in [0, 0.05) is 49.2 Å². The molecule has 2 fully saturated rings. The van der Waals surface area contributed by atoms with Crippen molar-refractivity contribution in [1.29, 1.82) is 0 Å². The number of halogens is 1. The zero-order chi connectivity index (χ0) is 22.1. The third-order valence-electron chi connectivity index (χ3n) is 5.98. The molecule has 0 saturated carbocycles. The van der Waals surface area contributed by atoms with Crippen LogP contribution < -0.4 is 5.32 Å². The molecule has 2 saturated heterocycles. The third-order valence-corrected chi connectivity index (χ3v) is 5.98. The largest absolute Gasteiger partial charge is 0.381 e. The predicted octanol–water partition coefficient (Wildman–Crippen LogP) is 3.80. The van der Waals surface area contributed by atoms with Crippen LogP contribution in [0.1, 0.15) is 47.1 Å². The van der Waals surface area contributed by atoms with Gasteiger partial charge in [0.05, 0.1) is 6.20 Å². The van der Waals surface area contributed by atoms with Crippen molar-refractivity contribution in [3.05, 3.63) is 53.4 Å². The van der Waals surface area contributed by atoms with E-state index in [-0.39, 0.29) is 23.5 Å². The van der Waals surface area contributed by atoms with Gasteiger partial charge >= 0.3 is 0 Å². The van der Waals surface area contributed by atoms with Crippen molar-refractivity contribution >= 4 is 17.5 Å². The molecule has 0 spiro atoms. The Morgan fingerprint density at radius 3 is 2.59 bits per heavy atom. The first-order chi connectivity index (χ1) is 15.6. The second kappa shape index (κ2) is 8.66. The van der Waals surface area contributed by atoms with Gasteiger partial charge in [-0.25, -0.2) is 19.3 Å². The molecule has 2 aromatic heterocycles. The van der Waals surface area contributed by atoms with Gasteiger partial charge < -0.3 is 19.9 Å². The summed E-state index contributed by atoms with van der Waals surface area (Å²) in [5.41, 5.74) is 2.93. The molecule has 2 N–H and O–H groups in total. The van der Waals surface area contributed by atoms with Gasteiger partial charge in [-0.1, -0.05) is 0 Å². The minimum atomic E-state index is -0.522. The molecule has 9 heteroatoms. The van der Waals surface area contributed by atoms with E-state index < -0.39 is 5.82 Å². The van der Waals surface area contributed by atoms with E-state index >= 15 is 0 Å². The summed E-state index contributed by atoms with van der Waals surface area (Å²) >= 11 is 0. The Morgan fingerprint density at radius 1 is 1.16 bits per heavy atom. The van der Waals surface area contributed by atoms with Gasteiger partial charge in [0.15, 0.2) is 5.82 Å². The lowest BCUT2D eigenvalue weighted by atomic mass is 9.94. The van der Waals surface area contributed by atoms with Crippen LogP contribution >= 0.6 is 0 Å². The fourth-order valence-corrected chi connectivity index (χ4v) is 4.09. The Morgan fingerprint density at radius 2 is 1.91 bits per heavy atom. The zero-order valence-electron chi connectivity index (χ0n) is 17.9. The monoisotopic (exact) mass is 436 g/mol. The minimum Gasteiger partial charge on any atom is -0.381 e. The number of anilines is 2. The van der Waals surface area contributed by atoms with E-state index in [1.807, 2.05) is 11.8 Å². The summed E-state index contributed by atoms with van der Waals surface area (Å²) in [7, 11) is 0. The summed E-state index contributed by atoms with van der Waals surface area (Å²) in [5, 5.41) is 3.10. The van der Waals surface area contributed by atoms with Gasteiger partial charge in [0.1, 0.15) is 17.2 Å². The lowest BCUT2D eigenvalue weighted by molar-refractivity contribution is 0.0652. The lowest BCUT2D eigenvalue weighted by Gasteiger charge is -2.30. The van der Waals surface area contributed by atoms with Gasteiger partial charge in [0.2, 0.25) is 5.95 Å².